The summed E-state index contributed by atoms with van der Waals surface area (Å²) < 4.78 is 1.85. The van der Waals surface area contributed by atoms with Gasteiger partial charge in [0.25, 0.3) is 6.01 Å². The van der Waals surface area contributed by atoms with E-state index in [0.717, 1.165) is 40.8 Å². The maximum absolute atomic E-state index is 12.9. The molecule has 0 saturated heterocycles. The summed E-state index contributed by atoms with van der Waals surface area (Å²) in [5.41, 5.74) is 3.67. The third-order valence-electron chi connectivity index (χ3n) is 4.52. The van der Waals surface area contributed by atoms with Gasteiger partial charge in [-0.05, 0) is 31.9 Å². The van der Waals surface area contributed by atoms with E-state index in [2.05, 4.69) is 16.0 Å². The van der Waals surface area contributed by atoms with Gasteiger partial charge in [-0.15, -0.1) is 0 Å². The Morgan fingerprint density at radius 3 is 3.00 bits per heavy atom. The number of aromatic nitrogens is 3. The quantitative estimate of drug-likeness (QED) is 0.763. The van der Waals surface area contributed by atoms with Crippen LogP contribution < -0.4 is 0 Å². The number of hydrogen-bond acceptors (Lipinski definition) is 3. The Labute approximate surface area is 127 Å². The van der Waals surface area contributed by atoms with Crippen LogP contribution in [0.4, 0.5) is 0 Å². The van der Waals surface area contributed by atoms with E-state index < -0.39 is 0 Å². The zero-order valence-electron chi connectivity index (χ0n) is 12.3. The number of imidazole rings is 1. The first kappa shape index (κ1) is 13.1. The molecule has 0 radical (unpaired) electrons. The molecule has 0 bridgehead atoms. The Morgan fingerprint density at radius 2 is 2.23 bits per heavy atom. The Hall–Kier alpha value is -2.56. The second-order valence-electron chi connectivity index (χ2n) is 5.94. The molecule has 0 spiro atoms. The standard InChI is InChI=1S/C17H17N3O2/c1-10-14(19-17(22)18-10)9-12-6-7-13-8-11-4-2-3-5-15(11)20(13)16(12)21/h2-5,8,12H,6-7,9H2,1H3,(H2,18,19,22). The summed E-state index contributed by atoms with van der Waals surface area (Å²) in [4.78, 5) is 19.7. The Bertz CT molecular complexity index is 875. The summed E-state index contributed by atoms with van der Waals surface area (Å²) in [7, 11) is 0. The number of carbonyl (C=O) groups excluding carboxylic acids is 1. The summed E-state index contributed by atoms with van der Waals surface area (Å²) >= 11 is 0. The van der Waals surface area contributed by atoms with Crippen molar-refractivity contribution in [1.82, 2.24) is 14.5 Å². The number of nitrogens with zero attached hydrogens (tertiary/aromatic N) is 2. The normalized spacial score (nSPS) is 17.9. The Kier molecular flexibility index (Phi) is 2.82. The number of carbonyl (C=O) groups is 1. The van der Waals surface area contributed by atoms with Gasteiger partial charge in [0.2, 0.25) is 5.91 Å². The summed E-state index contributed by atoms with van der Waals surface area (Å²) in [6, 6.07) is 10.0. The molecule has 0 fully saturated rings. The highest BCUT2D eigenvalue weighted by Crippen LogP contribution is 2.30. The van der Waals surface area contributed by atoms with Crippen LogP contribution in [0.2, 0.25) is 0 Å². The van der Waals surface area contributed by atoms with E-state index in [1.165, 1.54) is 0 Å². The monoisotopic (exact) mass is 295 g/mol. The van der Waals surface area contributed by atoms with E-state index in [1.54, 1.807) is 0 Å². The fourth-order valence-electron chi connectivity index (χ4n) is 3.39. The number of H-pyrrole nitrogens is 1. The van der Waals surface area contributed by atoms with Crippen molar-refractivity contribution in [2.75, 3.05) is 0 Å². The minimum atomic E-state index is -0.0929. The molecule has 1 unspecified atom stereocenters. The maximum Gasteiger partial charge on any atom is 0.291 e. The van der Waals surface area contributed by atoms with E-state index >= 15 is 0 Å². The van der Waals surface area contributed by atoms with Gasteiger partial charge in [0.05, 0.1) is 11.2 Å². The number of benzene rings is 1. The highest BCUT2D eigenvalue weighted by Gasteiger charge is 2.29. The van der Waals surface area contributed by atoms with Crippen molar-refractivity contribution in [3.05, 3.63) is 47.4 Å². The topological polar surface area (TPSA) is 70.9 Å². The SMILES string of the molecule is Cc1[nH]c(O)nc1CC1CCc2cc3ccccc3n2C1=O. The van der Waals surface area contributed by atoms with Crippen molar-refractivity contribution in [2.45, 2.75) is 26.2 Å². The average molecular weight is 295 g/mol. The molecular formula is C17H17N3O2. The molecule has 5 heteroatoms. The lowest BCUT2D eigenvalue weighted by atomic mass is 9.92. The van der Waals surface area contributed by atoms with Crippen LogP contribution in [0.5, 0.6) is 6.01 Å². The molecule has 112 valence electrons. The van der Waals surface area contributed by atoms with Gasteiger partial charge in [0.15, 0.2) is 0 Å². The molecule has 22 heavy (non-hydrogen) atoms. The second-order valence-corrected chi connectivity index (χ2v) is 5.94. The minimum absolute atomic E-state index is 0.0807. The zero-order valence-corrected chi connectivity index (χ0v) is 12.3. The summed E-state index contributed by atoms with van der Waals surface area (Å²) in [6.45, 7) is 1.87. The number of fused-ring (bicyclic) bond motifs is 3. The number of aryl methyl sites for hydroxylation is 2. The summed E-state index contributed by atoms with van der Waals surface area (Å²) in [5.74, 6) is 0.0362. The fraction of sp³-hybridized carbons (Fsp3) is 0.294. The number of aromatic amines is 1. The van der Waals surface area contributed by atoms with Crippen LogP contribution in [-0.2, 0) is 12.8 Å². The van der Waals surface area contributed by atoms with Crippen molar-refractivity contribution in [2.24, 2.45) is 5.92 Å². The molecule has 3 heterocycles. The van der Waals surface area contributed by atoms with Crippen molar-refractivity contribution >= 4 is 16.8 Å². The maximum atomic E-state index is 12.9. The predicted octanol–water partition coefficient (Wildman–Crippen LogP) is 2.82. The summed E-state index contributed by atoms with van der Waals surface area (Å²) in [5, 5.41) is 10.5. The third-order valence-corrected chi connectivity index (χ3v) is 4.52. The highest BCUT2D eigenvalue weighted by atomic mass is 16.3. The predicted molar refractivity (Wildman–Crippen MR) is 83.1 cm³/mol. The average Bonchev–Trinajstić information content (AvgIpc) is 3.02. The molecule has 0 aliphatic carbocycles. The van der Waals surface area contributed by atoms with Gasteiger partial charge in [-0.3, -0.25) is 9.36 Å². The first-order valence-electron chi connectivity index (χ1n) is 7.51. The smallest absolute Gasteiger partial charge is 0.291 e. The minimum Gasteiger partial charge on any atom is -0.480 e. The van der Waals surface area contributed by atoms with Crippen LogP contribution in [0.1, 0.15) is 28.3 Å². The fourth-order valence-corrected chi connectivity index (χ4v) is 3.39. The van der Waals surface area contributed by atoms with Crippen molar-refractivity contribution < 1.29 is 9.90 Å². The van der Waals surface area contributed by atoms with Crippen LogP contribution in [-0.4, -0.2) is 25.5 Å². The summed E-state index contributed by atoms with van der Waals surface area (Å²) in [6.07, 6.45) is 2.27. The van der Waals surface area contributed by atoms with Gasteiger partial charge in [0.1, 0.15) is 0 Å². The largest absolute Gasteiger partial charge is 0.480 e. The molecule has 0 amide bonds. The Balaban J connectivity index is 1.71. The van der Waals surface area contributed by atoms with E-state index in [1.807, 2.05) is 35.8 Å². The van der Waals surface area contributed by atoms with Crippen molar-refractivity contribution in [3.8, 4) is 6.01 Å². The van der Waals surface area contributed by atoms with Gasteiger partial charge < -0.3 is 10.1 Å². The van der Waals surface area contributed by atoms with E-state index in [0.29, 0.717) is 6.42 Å². The zero-order chi connectivity index (χ0) is 15.3. The third kappa shape index (κ3) is 1.93. The van der Waals surface area contributed by atoms with Gasteiger partial charge in [-0.1, -0.05) is 18.2 Å². The van der Waals surface area contributed by atoms with E-state index in [4.69, 9.17) is 0 Å². The lowest BCUT2D eigenvalue weighted by Crippen LogP contribution is -2.30. The van der Waals surface area contributed by atoms with E-state index in [9.17, 15) is 9.90 Å². The van der Waals surface area contributed by atoms with Gasteiger partial charge in [-0.25, -0.2) is 4.98 Å². The first-order valence-corrected chi connectivity index (χ1v) is 7.51. The molecule has 5 nitrogen and oxygen atoms in total. The molecule has 1 aliphatic rings. The van der Waals surface area contributed by atoms with E-state index in [-0.39, 0.29) is 17.8 Å². The molecule has 1 aromatic carbocycles. The van der Waals surface area contributed by atoms with Gasteiger partial charge in [0, 0.05) is 29.1 Å². The molecule has 3 aromatic rings. The molecule has 1 aliphatic heterocycles. The molecule has 2 aromatic heterocycles. The highest BCUT2D eigenvalue weighted by molar-refractivity contribution is 5.95. The van der Waals surface area contributed by atoms with Crippen molar-refractivity contribution in [3.63, 3.8) is 0 Å². The lowest BCUT2D eigenvalue weighted by molar-refractivity contribution is 0.0808. The number of para-hydroxylation sites is 1. The second kappa shape index (κ2) is 4.73. The van der Waals surface area contributed by atoms with Crippen molar-refractivity contribution in [1.29, 1.82) is 0 Å². The number of rotatable bonds is 2. The van der Waals surface area contributed by atoms with Gasteiger partial charge in [-0.2, -0.15) is 0 Å². The molecular weight excluding hydrogens is 278 g/mol. The van der Waals surface area contributed by atoms with Crippen LogP contribution >= 0.6 is 0 Å². The molecule has 0 saturated carbocycles. The van der Waals surface area contributed by atoms with Crippen LogP contribution in [0, 0.1) is 12.8 Å². The van der Waals surface area contributed by atoms with Crippen LogP contribution in [0.25, 0.3) is 10.9 Å². The van der Waals surface area contributed by atoms with Gasteiger partial charge >= 0.3 is 0 Å². The van der Waals surface area contributed by atoms with Crippen LogP contribution in [0.15, 0.2) is 30.3 Å². The number of aromatic hydroxyl groups is 1. The Morgan fingerprint density at radius 1 is 1.41 bits per heavy atom. The lowest BCUT2D eigenvalue weighted by Gasteiger charge is -2.23. The first-order chi connectivity index (χ1) is 10.6. The van der Waals surface area contributed by atoms with Crippen LogP contribution in [0.3, 0.4) is 0 Å². The molecule has 4 rings (SSSR count). The number of nitrogens with one attached hydrogen (secondary N) is 1. The molecule has 1 atom stereocenters. The molecule has 2 N–H and O–H groups in total. The number of hydrogen-bond donors (Lipinski definition) is 2.